The Hall–Kier alpha value is -1.54. The summed E-state index contributed by atoms with van der Waals surface area (Å²) in [4.78, 5) is 2.52. The van der Waals surface area contributed by atoms with Gasteiger partial charge in [0.15, 0.2) is 0 Å². The first kappa shape index (κ1) is 17.8. The molecule has 0 aliphatic heterocycles. The molecule has 2 rings (SSSR count). The average molecular weight is 313 g/mol. The van der Waals surface area contributed by atoms with E-state index in [0.717, 1.165) is 19.7 Å². The lowest BCUT2D eigenvalue weighted by Gasteiger charge is -2.35. The van der Waals surface area contributed by atoms with Crippen LogP contribution in [-0.2, 0) is 4.74 Å². The SMILES string of the molecule is CCOC/C=C(/c1ccccc1)C1CCCC=C1N(CC)CC. The van der Waals surface area contributed by atoms with Crippen molar-refractivity contribution in [2.24, 2.45) is 5.92 Å². The van der Waals surface area contributed by atoms with Crippen LogP contribution in [-0.4, -0.2) is 31.2 Å². The van der Waals surface area contributed by atoms with E-state index in [1.54, 1.807) is 0 Å². The molecule has 2 nitrogen and oxygen atoms in total. The fourth-order valence-corrected chi connectivity index (χ4v) is 3.47. The van der Waals surface area contributed by atoms with Gasteiger partial charge in [-0.1, -0.05) is 42.5 Å². The van der Waals surface area contributed by atoms with Crippen LogP contribution in [0.15, 0.2) is 48.2 Å². The minimum atomic E-state index is 0.492. The van der Waals surface area contributed by atoms with Gasteiger partial charge in [0.05, 0.1) is 6.61 Å². The van der Waals surface area contributed by atoms with Gasteiger partial charge in [-0.15, -0.1) is 0 Å². The molecule has 0 bridgehead atoms. The highest BCUT2D eigenvalue weighted by atomic mass is 16.5. The quantitative estimate of drug-likeness (QED) is 0.617. The Balaban J connectivity index is 2.34. The van der Waals surface area contributed by atoms with E-state index in [9.17, 15) is 0 Å². The zero-order chi connectivity index (χ0) is 16.5. The first-order valence-electron chi connectivity index (χ1n) is 9.09. The Kier molecular flexibility index (Phi) is 7.41. The molecule has 0 radical (unpaired) electrons. The molecule has 0 spiro atoms. The molecule has 1 aliphatic carbocycles. The van der Waals surface area contributed by atoms with Gasteiger partial charge in [0.25, 0.3) is 0 Å². The van der Waals surface area contributed by atoms with Gasteiger partial charge in [-0.2, -0.15) is 0 Å². The molecule has 0 fully saturated rings. The van der Waals surface area contributed by atoms with Crippen LogP contribution in [0.25, 0.3) is 5.57 Å². The third kappa shape index (κ3) is 4.71. The summed E-state index contributed by atoms with van der Waals surface area (Å²) in [6, 6.07) is 10.8. The van der Waals surface area contributed by atoms with Crippen LogP contribution in [0, 0.1) is 5.92 Å². The number of hydrogen-bond acceptors (Lipinski definition) is 2. The molecule has 126 valence electrons. The molecule has 0 amide bonds. The van der Waals surface area contributed by atoms with Crippen molar-refractivity contribution in [3.05, 3.63) is 53.7 Å². The second-order valence-electron chi connectivity index (χ2n) is 5.97. The van der Waals surface area contributed by atoms with Gasteiger partial charge in [-0.3, -0.25) is 0 Å². The average Bonchev–Trinajstić information content (AvgIpc) is 2.61. The zero-order valence-electron chi connectivity index (χ0n) is 14.9. The van der Waals surface area contributed by atoms with Crippen LogP contribution in [0.1, 0.15) is 45.6 Å². The third-order valence-corrected chi connectivity index (χ3v) is 4.64. The molecule has 23 heavy (non-hydrogen) atoms. The largest absolute Gasteiger partial charge is 0.378 e. The molecule has 1 unspecified atom stereocenters. The Morgan fingerprint density at radius 3 is 2.57 bits per heavy atom. The van der Waals surface area contributed by atoms with Crippen molar-refractivity contribution < 1.29 is 4.74 Å². The summed E-state index contributed by atoms with van der Waals surface area (Å²) in [7, 11) is 0. The van der Waals surface area contributed by atoms with E-state index in [1.807, 2.05) is 0 Å². The molecular weight excluding hydrogens is 282 g/mol. The fourth-order valence-electron chi connectivity index (χ4n) is 3.47. The minimum Gasteiger partial charge on any atom is -0.378 e. The van der Waals surface area contributed by atoms with E-state index in [-0.39, 0.29) is 0 Å². The number of rotatable bonds is 8. The van der Waals surface area contributed by atoms with Crippen molar-refractivity contribution in [1.82, 2.24) is 4.90 Å². The van der Waals surface area contributed by atoms with E-state index in [2.05, 4.69) is 68.2 Å². The summed E-state index contributed by atoms with van der Waals surface area (Å²) in [5.74, 6) is 0.492. The van der Waals surface area contributed by atoms with Crippen LogP contribution in [0.5, 0.6) is 0 Å². The highest BCUT2D eigenvalue weighted by molar-refractivity contribution is 5.70. The predicted octanol–water partition coefficient (Wildman–Crippen LogP) is 5.13. The maximum absolute atomic E-state index is 5.62. The van der Waals surface area contributed by atoms with E-state index in [4.69, 9.17) is 4.74 Å². The lowest BCUT2D eigenvalue weighted by molar-refractivity contribution is 0.177. The topological polar surface area (TPSA) is 12.5 Å². The Morgan fingerprint density at radius 2 is 1.91 bits per heavy atom. The minimum absolute atomic E-state index is 0.492. The molecule has 0 saturated heterocycles. The summed E-state index contributed by atoms with van der Waals surface area (Å²) in [5, 5.41) is 0. The van der Waals surface area contributed by atoms with Gasteiger partial charge < -0.3 is 9.64 Å². The van der Waals surface area contributed by atoms with Gasteiger partial charge in [0.1, 0.15) is 0 Å². The van der Waals surface area contributed by atoms with E-state index >= 15 is 0 Å². The first-order valence-corrected chi connectivity index (χ1v) is 9.09. The van der Waals surface area contributed by atoms with E-state index < -0.39 is 0 Å². The van der Waals surface area contributed by atoms with Crippen molar-refractivity contribution in [2.75, 3.05) is 26.3 Å². The van der Waals surface area contributed by atoms with Gasteiger partial charge in [0.2, 0.25) is 0 Å². The Bertz CT molecular complexity index is 514. The van der Waals surface area contributed by atoms with Crippen molar-refractivity contribution in [2.45, 2.75) is 40.0 Å². The predicted molar refractivity (Wildman–Crippen MR) is 99.3 cm³/mol. The summed E-state index contributed by atoms with van der Waals surface area (Å²) in [5.41, 5.74) is 4.27. The lowest BCUT2D eigenvalue weighted by Crippen LogP contribution is -2.29. The Morgan fingerprint density at radius 1 is 1.17 bits per heavy atom. The molecular formula is C21H31NO. The molecule has 0 aromatic heterocycles. The standard InChI is InChI=1S/C21H31NO/c1-4-22(5-2)21-15-11-10-14-20(21)19(16-17-23-6-3)18-12-8-7-9-13-18/h7-9,12-13,15-16,20H,4-6,10-11,14,17H2,1-3H3/b19-16-. The Labute approximate surface area is 141 Å². The number of ether oxygens (including phenoxy) is 1. The normalized spacial score (nSPS) is 18.7. The summed E-state index contributed by atoms with van der Waals surface area (Å²) in [6.45, 7) is 10.2. The third-order valence-electron chi connectivity index (χ3n) is 4.64. The van der Waals surface area contributed by atoms with Gasteiger partial charge in [0, 0.05) is 31.3 Å². The van der Waals surface area contributed by atoms with Crippen LogP contribution in [0.2, 0.25) is 0 Å². The summed E-state index contributed by atoms with van der Waals surface area (Å²) >= 11 is 0. The fraction of sp³-hybridized carbons (Fsp3) is 0.524. The highest BCUT2D eigenvalue weighted by Gasteiger charge is 2.25. The van der Waals surface area contributed by atoms with Crippen molar-refractivity contribution in [1.29, 1.82) is 0 Å². The van der Waals surface area contributed by atoms with Crippen LogP contribution >= 0.6 is 0 Å². The van der Waals surface area contributed by atoms with Gasteiger partial charge in [-0.25, -0.2) is 0 Å². The van der Waals surface area contributed by atoms with E-state index in [0.29, 0.717) is 12.5 Å². The van der Waals surface area contributed by atoms with Gasteiger partial charge >= 0.3 is 0 Å². The maximum Gasteiger partial charge on any atom is 0.0653 e. The summed E-state index contributed by atoms with van der Waals surface area (Å²) < 4.78 is 5.62. The van der Waals surface area contributed by atoms with Crippen molar-refractivity contribution in [3.8, 4) is 0 Å². The molecule has 1 aromatic rings. The molecule has 1 aliphatic rings. The number of nitrogens with zero attached hydrogens (tertiary/aromatic N) is 1. The van der Waals surface area contributed by atoms with E-state index in [1.165, 1.54) is 36.1 Å². The number of allylic oxidation sites excluding steroid dienone is 2. The number of hydrogen-bond donors (Lipinski definition) is 0. The second kappa shape index (κ2) is 9.57. The lowest BCUT2D eigenvalue weighted by atomic mass is 9.82. The van der Waals surface area contributed by atoms with Gasteiger partial charge in [-0.05, 0) is 51.2 Å². The van der Waals surface area contributed by atoms with Crippen molar-refractivity contribution in [3.63, 3.8) is 0 Å². The molecule has 0 saturated carbocycles. The first-order chi connectivity index (χ1) is 11.3. The smallest absolute Gasteiger partial charge is 0.0653 e. The van der Waals surface area contributed by atoms with Crippen LogP contribution < -0.4 is 0 Å². The molecule has 0 heterocycles. The monoisotopic (exact) mass is 313 g/mol. The second-order valence-corrected chi connectivity index (χ2v) is 5.97. The molecule has 0 N–H and O–H groups in total. The molecule has 1 aromatic carbocycles. The highest BCUT2D eigenvalue weighted by Crippen LogP contribution is 2.37. The number of benzene rings is 1. The zero-order valence-corrected chi connectivity index (χ0v) is 14.9. The van der Waals surface area contributed by atoms with Crippen LogP contribution in [0.3, 0.4) is 0 Å². The molecule has 2 heteroatoms. The van der Waals surface area contributed by atoms with Crippen LogP contribution in [0.4, 0.5) is 0 Å². The molecule has 1 atom stereocenters. The summed E-state index contributed by atoms with van der Waals surface area (Å²) in [6.07, 6.45) is 8.46. The maximum atomic E-state index is 5.62. The van der Waals surface area contributed by atoms with Crippen molar-refractivity contribution >= 4 is 5.57 Å².